The number of hydrogen-bond donors (Lipinski definition) is 1. The molecule has 0 unspecified atom stereocenters. The smallest absolute Gasteiger partial charge is 0.371 e. The van der Waals surface area contributed by atoms with Crippen LogP contribution in [0.5, 0.6) is 0 Å². The maximum atomic E-state index is 10.5. The topological polar surface area (TPSA) is 76.2 Å². The zero-order valence-electron chi connectivity index (χ0n) is 7.41. The minimum Gasteiger partial charge on any atom is -0.475 e. The SMILES string of the molecule is O=C(O)c1ccc(CSc2nncs2)o1. The maximum absolute atomic E-state index is 10.5. The standard InChI is InChI=1S/C8H6N2O3S2/c11-7(12)6-2-1-5(13-6)3-14-8-10-9-4-15-8/h1-2,4H,3H2,(H,11,12). The molecule has 15 heavy (non-hydrogen) atoms. The highest BCUT2D eigenvalue weighted by Gasteiger charge is 2.09. The van der Waals surface area contributed by atoms with E-state index in [2.05, 4.69) is 10.2 Å². The zero-order valence-corrected chi connectivity index (χ0v) is 9.05. The normalized spacial score (nSPS) is 10.4. The summed E-state index contributed by atoms with van der Waals surface area (Å²) < 4.78 is 5.92. The van der Waals surface area contributed by atoms with Gasteiger partial charge in [-0.25, -0.2) is 4.79 Å². The predicted octanol–water partition coefficient (Wildman–Crippen LogP) is 2.12. The van der Waals surface area contributed by atoms with Crippen LogP contribution >= 0.6 is 23.1 Å². The van der Waals surface area contributed by atoms with E-state index in [0.717, 1.165) is 4.34 Å². The van der Waals surface area contributed by atoms with Crippen LogP contribution in [0, 0.1) is 0 Å². The summed E-state index contributed by atoms with van der Waals surface area (Å²) in [4.78, 5) is 10.5. The van der Waals surface area contributed by atoms with Gasteiger partial charge in [-0.2, -0.15) is 0 Å². The van der Waals surface area contributed by atoms with Gasteiger partial charge in [0, 0.05) is 0 Å². The number of carbonyl (C=O) groups is 1. The van der Waals surface area contributed by atoms with Crippen molar-refractivity contribution in [3.63, 3.8) is 0 Å². The number of thioether (sulfide) groups is 1. The van der Waals surface area contributed by atoms with Gasteiger partial charge >= 0.3 is 5.97 Å². The fourth-order valence-electron chi connectivity index (χ4n) is 0.929. The second-order valence-corrected chi connectivity index (χ2v) is 4.62. The first kappa shape index (κ1) is 10.2. The second kappa shape index (κ2) is 4.45. The molecule has 2 aromatic rings. The third kappa shape index (κ3) is 2.57. The van der Waals surface area contributed by atoms with Gasteiger partial charge in [-0.1, -0.05) is 23.1 Å². The van der Waals surface area contributed by atoms with Crippen molar-refractivity contribution < 1.29 is 14.3 Å². The van der Waals surface area contributed by atoms with Crippen LogP contribution in [0.2, 0.25) is 0 Å². The molecule has 1 N–H and O–H groups in total. The Labute approximate surface area is 93.1 Å². The fourth-order valence-corrected chi connectivity index (χ4v) is 2.31. The molecule has 5 nitrogen and oxygen atoms in total. The molecular formula is C8H6N2O3S2. The Morgan fingerprint density at radius 2 is 2.47 bits per heavy atom. The van der Waals surface area contributed by atoms with Gasteiger partial charge < -0.3 is 9.52 Å². The number of carboxylic acid groups (broad SMARTS) is 1. The van der Waals surface area contributed by atoms with Crippen molar-refractivity contribution in [2.75, 3.05) is 0 Å². The van der Waals surface area contributed by atoms with Crippen LogP contribution in [-0.4, -0.2) is 21.3 Å². The van der Waals surface area contributed by atoms with Gasteiger partial charge in [0.15, 0.2) is 4.34 Å². The number of nitrogens with zero attached hydrogens (tertiary/aromatic N) is 2. The van der Waals surface area contributed by atoms with E-state index in [4.69, 9.17) is 9.52 Å². The molecule has 0 saturated carbocycles. The average molecular weight is 242 g/mol. The quantitative estimate of drug-likeness (QED) is 0.827. The minimum absolute atomic E-state index is 0.0390. The van der Waals surface area contributed by atoms with Gasteiger partial charge in [0.2, 0.25) is 5.76 Å². The first-order valence-electron chi connectivity index (χ1n) is 3.96. The Morgan fingerprint density at radius 1 is 1.60 bits per heavy atom. The van der Waals surface area contributed by atoms with Crippen LogP contribution in [0.3, 0.4) is 0 Å². The zero-order chi connectivity index (χ0) is 10.7. The molecule has 0 aliphatic heterocycles. The summed E-state index contributed by atoms with van der Waals surface area (Å²) in [7, 11) is 0. The molecule has 0 atom stereocenters. The molecule has 0 spiro atoms. The largest absolute Gasteiger partial charge is 0.475 e. The first-order valence-corrected chi connectivity index (χ1v) is 5.83. The van der Waals surface area contributed by atoms with Crippen LogP contribution in [0.25, 0.3) is 0 Å². The van der Waals surface area contributed by atoms with E-state index in [-0.39, 0.29) is 5.76 Å². The minimum atomic E-state index is -1.05. The van der Waals surface area contributed by atoms with Gasteiger partial charge in [0.1, 0.15) is 11.3 Å². The monoisotopic (exact) mass is 242 g/mol. The lowest BCUT2D eigenvalue weighted by molar-refractivity contribution is 0.0661. The van der Waals surface area contributed by atoms with E-state index < -0.39 is 5.97 Å². The van der Waals surface area contributed by atoms with E-state index in [9.17, 15) is 4.79 Å². The van der Waals surface area contributed by atoms with Gasteiger partial charge in [-0.3, -0.25) is 0 Å². The molecule has 2 heterocycles. The molecule has 2 rings (SSSR count). The molecule has 78 valence electrons. The summed E-state index contributed by atoms with van der Waals surface area (Å²) in [5, 5.41) is 16.2. The van der Waals surface area contributed by atoms with Gasteiger partial charge in [0.25, 0.3) is 0 Å². The number of aromatic carboxylic acids is 1. The highest BCUT2D eigenvalue weighted by Crippen LogP contribution is 2.24. The molecule has 0 aliphatic rings. The van der Waals surface area contributed by atoms with Crippen LogP contribution in [0.1, 0.15) is 16.3 Å². The Balaban J connectivity index is 1.96. The lowest BCUT2D eigenvalue weighted by Crippen LogP contribution is -1.91. The van der Waals surface area contributed by atoms with E-state index in [1.54, 1.807) is 11.6 Å². The average Bonchev–Trinajstić information content (AvgIpc) is 2.86. The molecule has 2 aromatic heterocycles. The summed E-state index contributed by atoms with van der Waals surface area (Å²) in [6.07, 6.45) is 0. The van der Waals surface area contributed by atoms with Crippen LogP contribution in [0.15, 0.2) is 26.4 Å². The summed E-state index contributed by atoms with van der Waals surface area (Å²) in [5.74, 6) is 0.0836. The van der Waals surface area contributed by atoms with Crippen LogP contribution in [-0.2, 0) is 5.75 Å². The lowest BCUT2D eigenvalue weighted by Gasteiger charge is -1.92. The molecule has 7 heteroatoms. The van der Waals surface area contributed by atoms with Crippen molar-refractivity contribution in [2.45, 2.75) is 10.1 Å². The van der Waals surface area contributed by atoms with Crippen molar-refractivity contribution in [1.82, 2.24) is 10.2 Å². The molecule has 0 saturated heterocycles. The first-order chi connectivity index (χ1) is 7.25. The van der Waals surface area contributed by atoms with Crippen molar-refractivity contribution in [3.8, 4) is 0 Å². The van der Waals surface area contributed by atoms with Crippen LogP contribution < -0.4 is 0 Å². The highest BCUT2D eigenvalue weighted by molar-refractivity contribution is 8.00. The Morgan fingerprint density at radius 3 is 3.07 bits per heavy atom. The second-order valence-electron chi connectivity index (χ2n) is 2.56. The molecule has 0 amide bonds. The number of hydrogen-bond acceptors (Lipinski definition) is 6. The van der Waals surface area contributed by atoms with Crippen molar-refractivity contribution in [1.29, 1.82) is 0 Å². The van der Waals surface area contributed by atoms with Gasteiger partial charge in [-0.15, -0.1) is 10.2 Å². The third-order valence-electron chi connectivity index (χ3n) is 1.55. The number of carboxylic acids is 1. The number of aromatic nitrogens is 2. The van der Waals surface area contributed by atoms with E-state index in [1.165, 1.54) is 29.2 Å². The molecule has 0 aliphatic carbocycles. The summed E-state index contributed by atoms with van der Waals surface area (Å²) in [5.41, 5.74) is 1.65. The Bertz CT molecular complexity index is 452. The lowest BCUT2D eigenvalue weighted by atomic mass is 10.4. The molecule has 0 fully saturated rings. The summed E-state index contributed by atoms with van der Waals surface area (Å²) >= 11 is 2.90. The molecular weight excluding hydrogens is 236 g/mol. The van der Waals surface area contributed by atoms with E-state index in [0.29, 0.717) is 11.5 Å². The van der Waals surface area contributed by atoms with Crippen molar-refractivity contribution in [3.05, 3.63) is 29.2 Å². The van der Waals surface area contributed by atoms with Crippen molar-refractivity contribution >= 4 is 29.1 Å². The molecule has 0 aromatic carbocycles. The molecule has 0 radical (unpaired) electrons. The van der Waals surface area contributed by atoms with Gasteiger partial charge in [0.05, 0.1) is 5.75 Å². The third-order valence-corrected chi connectivity index (χ3v) is 3.43. The van der Waals surface area contributed by atoms with Crippen molar-refractivity contribution in [2.24, 2.45) is 0 Å². The number of rotatable bonds is 4. The van der Waals surface area contributed by atoms with E-state index >= 15 is 0 Å². The Hall–Kier alpha value is -1.34. The Kier molecular flexibility index (Phi) is 3.02. The predicted molar refractivity (Wildman–Crippen MR) is 55.1 cm³/mol. The van der Waals surface area contributed by atoms with Crippen LogP contribution in [0.4, 0.5) is 0 Å². The summed E-state index contributed by atoms with van der Waals surface area (Å²) in [6, 6.07) is 3.09. The maximum Gasteiger partial charge on any atom is 0.371 e. The number of furan rings is 1. The van der Waals surface area contributed by atoms with E-state index in [1.807, 2.05) is 0 Å². The summed E-state index contributed by atoms with van der Waals surface area (Å²) in [6.45, 7) is 0. The molecule has 0 bridgehead atoms. The highest BCUT2D eigenvalue weighted by atomic mass is 32.2. The fraction of sp³-hybridized carbons (Fsp3) is 0.125. The van der Waals surface area contributed by atoms with Gasteiger partial charge in [-0.05, 0) is 12.1 Å².